The minimum atomic E-state index is 0.419. The van der Waals surface area contributed by atoms with Crippen LogP contribution in [0, 0.1) is 5.92 Å². The minimum Gasteiger partial charge on any atom is -0.493 e. The normalized spacial score (nSPS) is 24.1. The second kappa shape index (κ2) is 4.46. The summed E-state index contributed by atoms with van der Waals surface area (Å²) in [4.78, 5) is 0. The number of benzene rings is 1. The summed E-state index contributed by atoms with van der Waals surface area (Å²) < 4.78 is 5.92. The Bertz CT molecular complexity index is 373. The molecule has 88 valence electrons. The summed E-state index contributed by atoms with van der Waals surface area (Å²) in [6.45, 7) is 7.46. The number of ether oxygens (including phenoxy) is 1. The highest BCUT2D eigenvalue weighted by atomic mass is 16.5. The van der Waals surface area contributed by atoms with Crippen molar-refractivity contribution in [2.24, 2.45) is 5.92 Å². The van der Waals surface area contributed by atoms with Crippen molar-refractivity contribution in [1.82, 2.24) is 5.32 Å². The van der Waals surface area contributed by atoms with Gasteiger partial charge in [-0.05, 0) is 18.5 Å². The molecule has 0 aliphatic carbocycles. The van der Waals surface area contributed by atoms with E-state index in [-0.39, 0.29) is 0 Å². The molecule has 1 heterocycles. The van der Waals surface area contributed by atoms with Gasteiger partial charge in [0.25, 0.3) is 0 Å². The molecule has 0 fully saturated rings. The third-order valence-corrected chi connectivity index (χ3v) is 3.40. The summed E-state index contributed by atoms with van der Waals surface area (Å²) in [5.74, 6) is 2.15. The van der Waals surface area contributed by atoms with E-state index in [0.717, 1.165) is 12.4 Å². The van der Waals surface area contributed by atoms with Gasteiger partial charge in [-0.2, -0.15) is 0 Å². The van der Waals surface area contributed by atoms with Crippen molar-refractivity contribution in [3.63, 3.8) is 0 Å². The highest BCUT2D eigenvalue weighted by Crippen LogP contribution is 2.39. The minimum absolute atomic E-state index is 0.419. The molecule has 2 nitrogen and oxygen atoms in total. The van der Waals surface area contributed by atoms with E-state index in [0.29, 0.717) is 17.9 Å². The molecule has 0 saturated carbocycles. The van der Waals surface area contributed by atoms with Crippen LogP contribution in [0.4, 0.5) is 0 Å². The smallest absolute Gasteiger partial charge is 0.127 e. The Labute approximate surface area is 98.0 Å². The Morgan fingerprint density at radius 3 is 2.75 bits per heavy atom. The summed E-state index contributed by atoms with van der Waals surface area (Å²) in [6, 6.07) is 6.91. The molecule has 0 spiro atoms. The van der Waals surface area contributed by atoms with E-state index in [1.165, 1.54) is 11.1 Å². The van der Waals surface area contributed by atoms with Gasteiger partial charge in [0.1, 0.15) is 5.75 Å². The second-order valence-electron chi connectivity index (χ2n) is 4.97. The monoisotopic (exact) mass is 219 g/mol. The molecular formula is C14H21NO. The fourth-order valence-corrected chi connectivity index (χ4v) is 2.50. The van der Waals surface area contributed by atoms with Crippen LogP contribution in [0.5, 0.6) is 5.75 Å². The van der Waals surface area contributed by atoms with Crippen LogP contribution < -0.4 is 10.1 Å². The predicted octanol–water partition coefficient (Wildman–Crippen LogP) is 3.10. The van der Waals surface area contributed by atoms with Crippen LogP contribution in [0.15, 0.2) is 18.2 Å². The van der Waals surface area contributed by atoms with Crippen molar-refractivity contribution in [2.75, 3.05) is 13.7 Å². The molecule has 2 unspecified atom stereocenters. The quantitative estimate of drug-likeness (QED) is 0.825. The standard InChI is InChI=1S/C14H21NO/c1-9(2)11-6-5-7-12-13(15-4)10(3)8-16-14(11)12/h5-7,9-10,13,15H,8H2,1-4H3. The molecule has 16 heavy (non-hydrogen) atoms. The third-order valence-electron chi connectivity index (χ3n) is 3.40. The van der Waals surface area contributed by atoms with Crippen molar-refractivity contribution < 1.29 is 4.74 Å². The number of hydrogen-bond acceptors (Lipinski definition) is 2. The van der Waals surface area contributed by atoms with Crippen LogP contribution in [0.1, 0.15) is 43.9 Å². The first kappa shape index (κ1) is 11.5. The third kappa shape index (κ3) is 1.82. The Kier molecular flexibility index (Phi) is 3.20. The Morgan fingerprint density at radius 2 is 2.12 bits per heavy atom. The van der Waals surface area contributed by atoms with Crippen LogP contribution in [0.3, 0.4) is 0 Å². The van der Waals surface area contributed by atoms with Crippen molar-refractivity contribution in [3.05, 3.63) is 29.3 Å². The molecule has 2 heteroatoms. The molecule has 1 N–H and O–H groups in total. The van der Waals surface area contributed by atoms with Crippen LogP contribution in [0.2, 0.25) is 0 Å². The summed E-state index contributed by atoms with van der Waals surface area (Å²) in [7, 11) is 2.03. The van der Waals surface area contributed by atoms with E-state index in [9.17, 15) is 0 Å². The van der Waals surface area contributed by atoms with Gasteiger partial charge in [0.05, 0.1) is 6.61 Å². The lowest BCUT2D eigenvalue weighted by Crippen LogP contribution is -2.32. The molecule has 1 aromatic rings. The summed E-state index contributed by atoms with van der Waals surface area (Å²) >= 11 is 0. The number of para-hydroxylation sites is 1. The topological polar surface area (TPSA) is 21.3 Å². The highest BCUT2D eigenvalue weighted by Gasteiger charge is 2.28. The molecule has 0 bridgehead atoms. The lowest BCUT2D eigenvalue weighted by atomic mass is 9.88. The Hall–Kier alpha value is -1.02. The summed E-state index contributed by atoms with van der Waals surface area (Å²) in [5.41, 5.74) is 2.64. The van der Waals surface area contributed by atoms with Crippen LogP contribution in [0.25, 0.3) is 0 Å². The zero-order chi connectivity index (χ0) is 11.7. The van der Waals surface area contributed by atoms with E-state index in [4.69, 9.17) is 4.74 Å². The zero-order valence-corrected chi connectivity index (χ0v) is 10.6. The molecule has 0 aromatic heterocycles. The molecule has 2 atom stereocenters. The highest BCUT2D eigenvalue weighted by molar-refractivity contribution is 5.46. The first-order valence-electron chi connectivity index (χ1n) is 6.08. The van der Waals surface area contributed by atoms with Crippen LogP contribution >= 0.6 is 0 Å². The molecule has 2 rings (SSSR count). The summed E-state index contributed by atoms with van der Waals surface area (Å²) in [5, 5.41) is 3.40. The SMILES string of the molecule is CNC1c2cccc(C(C)C)c2OCC1C. The largest absolute Gasteiger partial charge is 0.493 e. The molecule has 0 radical (unpaired) electrons. The van der Waals surface area contributed by atoms with Crippen molar-refractivity contribution in [3.8, 4) is 5.75 Å². The lowest BCUT2D eigenvalue weighted by Gasteiger charge is -2.33. The Balaban J connectivity index is 2.48. The van der Waals surface area contributed by atoms with Gasteiger partial charge in [0, 0.05) is 17.5 Å². The summed E-state index contributed by atoms with van der Waals surface area (Å²) in [6.07, 6.45) is 0. The van der Waals surface area contributed by atoms with Gasteiger partial charge >= 0.3 is 0 Å². The van der Waals surface area contributed by atoms with E-state index in [1.54, 1.807) is 0 Å². The second-order valence-corrected chi connectivity index (χ2v) is 4.97. The predicted molar refractivity (Wildman–Crippen MR) is 67.0 cm³/mol. The van der Waals surface area contributed by atoms with E-state index >= 15 is 0 Å². The molecule has 0 saturated heterocycles. The van der Waals surface area contributed by atoms with Gasteiger partial charge in [-0.1, -0.05) is 39.0 Å². The van der Waals surface area contributed by atoms with E-state index in [2.05, 4.69) is 44.3 Å². The van der Waals surface area contributed by atoms with Gasteiger partial charge in [0.2, 0.25) is 0 Å². The first-order valence-corrected chi connectivity index (χ1v) is 6.08. The van der Waals surface area contributed by atoms with Crippen molar-refractivity contribution in [1.29, 1.82) is 0 Å². The maximum absolute atomic E-state index is 5.92. The molecule has 0 amide bonds. The van der Waals surface area contributed by atoms with E-state index in [1.807, 2.05) is 7.05 Å². The fraction of sp³-hybridized carbons (Fsp3) is 0.571. The maximum atomic E-state index is 5.92. The first-order chi connectivity index (χ1) is 7.65. The zero-order valence-electron chi connectivity index (χ0n) is 10.6. The average Bonchev–Trinajstić information content (AvgIpc) is 2.27. The van der Waals surface area contributed by atoms with Gasteiger partial charge < -0.3 is 10.1 Å². The van der Waals surface area contributed by atoms with Crippen LogP contribution in [-0.2, 0) is 0 Å². The van der Waals surface area contributed by atoms with Crippen LogP contribution in [-0.4, -0.2) is 13.7 Å². The molecular weight excluding hydrogens is 198 g/mol. The Morgan fingerprint density at radius 1 is 1.38 bits per heavy atom. The van der Waals surface area contributed by atoms with Gasteiger partial charge in [0.15, 0.2) is 0 Å². The van der Waals surface area contributed by atoms with Crippen molar-refractivity contribution in [2.45, 2.75) is 32.7 Å². The van der Waals surface area contributed by atoms with E-state index < -0.39 is 0 Å². The molecule has 1 aromatic carbocycles. The number of nitrogens with one attached hydrogen (secondary N) is 1. The number of fused-ring (bicyclic) bond motifs is 1. The van der Waals surface area contributed by atoms with Gasteiger partial charge in [-0.3, -0.25) is 0 Å². The fourth-order valence-electron chi connectivity index (χ4n) is 2.50. The number of rotatable bonds is 2. The van der Waals surface area contributed by atoms with Crippen molar-refractivity contribution >= 4 is 0 Å². The average molecular weight is 219 g/mol. The number of hydrogen-bond donors (Lipinski definition) is 1. The lowest BCUT2D eigenvalue weighted by molar-refractivity contribution is 0.191. The van der Waals surface area contributed by atoms with Gasteiger partial charge in [-0.15, -0.1) is 0 Å². The maximum Gasteiger partial charge on any atom is 0.127 e. The molecule has 1 aliphatic rings. The van der Waals surface area contributed by atoms with Gasteiger partial charge in [-0.25, -0.2) is 0 Å². The molecule has 1 aliphatic heterocycles.